The molecule has 0 atom stereocenters. The van der Waals surface area contributed by atoms with Gasteiger partial charge in [0, 0.05) is 16.4 Å². The molecule has 134 valence electrons. The minimum absolute atomic E-state index is 0.233. The van der Waals surface area contributed by atoms with E-state index in [1.54, 1.807) is 6.07 Å². The lowest BCUT2D eigenvalue weighted by Gasteiger charge is -2.50. The van der Waals surface area contributed by atoms with Crippen LogP contribution in [0.25, 0.3) is 21.5 Å². The summed E-state index contributed by atoms with van der Waals surface area (Å²) in [7, 11) is 0. The van der Waals surface area contributed by atoms with Crippen LogP contribution in [0.4, 0.5) is 0 Å². The average Bonchev–Trinajstić information content (AvgIpc) is 3.09. The van der Waals surface area contributed by atoms with E-state index in [2.05, 4.69) is 22.2 Å². The second kappa shape index (κ2) is 6.35. The molecule has 6 heteroatoms. The summed E-state index contributed by atoms with van der Waals surface area (Å²) in [5, 5.41) is 27.9. The second-order valence-electron chi connectivity index (χ2n) is 8.15. The van der Waals surface area contributed by atoms with Crippen LogP contribution in [0.3, 0.4) is 0 Å². The second-order valence-corrected chi connectivity index (χ2v) is 9.27. The molecule has 0 bridgehead atoms. The number of benzene rings is 1. The Bertz CT molecular complexity index is 1040. The zero-order chi connectivity index (χ0) is 18.4. The van der Waals surface area contributed by atoms with Crippen LogP contribution in [0.5, 0.6) is 5.75 Å². The van der Waals surface area contributed by atoms with Crippen molar-refractivity contribution in [3.05, 3.63) is 41.3 Å². The van der Waals surface area contributed by atoms with Crippen LogP contribution in [-0.2, 0) is 0 Å². The molecule has 1 N–H and O–H groups in total. The standard InChI is InChI=1S/C21H20BN3OS/c23-13-22-7-5-21(6-8-22)11-14(12-21)19-10-17-20(27-19)9-16(24-25-17)15-3-1-2-4-18(15)26/h1-4,9-10,14,26H,5-8,11-12H2. The highest BCUT2D eigenvalue weighted by atomic mass is 32.1. The van der Waals surface area contributed by atoms with E-state index in [0.29, 0.717) is 17.0 Å². The molecule has 3 aromatic rings. The van der Waals surface area contributed by atoms with Gasteiger partial charge in [0.1, 0.15) is 11.3 Å². The van der Waals surface area contributed by atoms with Gasteiger partial charge in [-0.3, -0.25) is 0 Å². The van der Waals surface area contributed by atoms with Crippen molar-refractivity contribution in [2.75, 3.05) is 0 Å². The van der Waals surface area contributed by atoms with Crippen LogP contribution in [0.2, 0.25) is 12.6 Å². The van der Waals surface area contributed by atoms with Crippen molar-refractivity contribution in [1.29, 1.82) is 5.26 Å². The van der Waals surface area contributed by atoms with Gasteiger partial charge < -0.3 is 5.11 Å². The molecule has 2 fully saturated rings. The topological polar surface area (TPSA) is 69.8 Å². The number of hydrogen-bond acceptors (Lipinski definition) is 5. The highest BCUT2D eigenvalue weighted by molar-refractivity contribution is 7.19. The summed E-state index contributed by atoms with van der Waals surface area (Å²) in [4.78, 5) is 1.40. The Labute approximate surface area is 163 Å². The average molecular weight is 373 g/mol. The molecule has 5 rings (SSSR count). The molecule has 1 aliphatic heterocycles. The molecule has 0 unspecified atom stereocenters. The number of aromatic hydroxyl groups is 1. The summed E-state index contributed by atoms with van der Waals surface area (Å²) in [5.74, 6) is 3.30. The molecule has 2 aliphatic rings. The van der Waals surface area contributed by atoms with Gasteiger partial charge in [0.15, 0.2) is 0 Å². The van der Waals surface area contributed by atoms with Gasteiger partial charge in [-0.05, 0) is 48.4 Å². The van der Waals surface area contributed by atoms with Crippen LogP contribution in [0, 0.1) is 16.6 Å². The summed E-state index contributed by atoms with van der Waals surface area (Å²) in [5.41, 5.74) is 2.87. The van der Waals surface area contributed by atoms with Gasteiger partial charge in [0.05, 0.1) is 10.4 Å². The van der Waals surface area contributed by atoms with Crippen LogP contribution in [-0.4, -0.2) is 22.0 Å². The first-order valence-corrected chi connectivity index (χ1v) is 10.4. The third-order valence-corrected chi connectivity index (χ3v) is 7.70. The van der Waals surface area contributed by atoms with E-state index in [1.165, 1.54) is 30.6 Å². The molecule has 1 saturated carbocycles. The molecule has 3 heterocycles. The van der Waals surface area contributed by atoms with Crippen molar-refractivity contribution in [3.8, 4) is 23.0 Å². The zero-order valence-corrected chi connectivity index (χ0v) is 15.9. The van der Waals surface area contributed by atoms with Gasteiger partial charge in [-0.15, -0.1) is 21.5 Å². The van der Waals surface area contributed by atoms with E-state index in [0.717, 1.165) is 28.4 Å². The molecule has 1 spiro atoms. The van der Waals surface area contributed by atoms with Crippen molar-refractivity contribution in [1.82, 2.24) is 10.2 Å². The summed E-state index contributed by atoms with van der Waals surface area (Å²) in [6.45, 7) is 0.280. The monoisotopic (exact) mass is 373 g/mol. The van der Waals surface area contributed by atoms with E-state index in [-0.39, 0.29) is 12.5 Å². The third-order valence-electron chi connectivity index (χ3n) is 6.46. The van der Waals surface area contributed by atoms with Gasteiger partial charge in [0.2, 0.25) is 0 Å². The lowest BCUT2D eigenvalue weighted by molar-refractivity contribution is 0.0860. The van der Waals surface area contributed by atoms with E-state index >= 15 is 0 Å². The van der Waals surface area contributed by atoms with Crippen molar-refractivity contribution >= 4 is 28.3 Å². The number of aromatic nitrogens is 2. The first-order valence-electron chi connectivity index (χ1n) is 9.61. The number of hydrogen-bond donors (Lipinski definition) is 1. The number of rotatable bonds is 2. The summed E-state index contributed by atoms with van der Waals surface area (Å²) >= 11 is 1.81. The molecule has 1 saturated heterocycles. The maximum absolute atomic E-state index is 10.1. The fourth-order valence-electron chi connectivity index (χ4n) is 4.83. The van der Waals surface area contributed by atoms with Crippen molar-refractivity contribution in [3.63, 3.8) is 0 Å². The first kappa shape index (κ1) is 16.8. The predicted molar refractivity (Wildman–Crippen MR) is 109 cm³/mol. The van der Waals surface area contributed by atoms with E-state index < -0.39 is 0 Å². The van der Waals surface area contributed by atoms with Crippen LogP contribution in [0.15, 0.2) is 36.4 Å². The Hall–Kier alpha value is -2.39. The predicted octanol–water partition coefficient (Wildman–Crippen LogP) is 5.28. The first-order chi connectivity index (χ1) is 13.2. The largest absolute Gasteiger partial charge is 0.507 e. The quantitative estimate of drug-likeness (QED) is 0.621. The Morgan fingerprint density at radius 1 is 1.15 bits per heavy atom. The molecule has 1 aliphatic carbocycles. The normalized spacial score (nSPS) is 19.1. The van der Waals surface area contributed by atoms with Gasteiger partial charge in [-0.25, -0.2) is 5.26 Å². The molecular weight excluding hydrogens is 353 g/mol. The molecule has 2 aromatic heterocycles. The SMILES string of the molecule is N#CB1CCC2(CC1)CC(c1cc3nnc(-c4ccccc4O)cc3s1)C2. The van der Waals surface area contributed by atoms with Gasteiger partial charge in [-0.1, -0.05) is 37.6 Å². The summed E-state index contributed by atoms with van der Waals surface area (Å²) in [6.07, 6.45) is 7.07. The van der Waals surface area contributed by atoms with E-state index in [1.807, 2.05) is 35.6 Å². The van der Waals surface area contributed by atoms with Crippen LogP contribution < -0.4 is 0 Å². The summed E-state index contributed by atoms with van der Waals surface area (Å²) in [6, 6.07) is 11.5. The van der Waals surface area contributed by atoms with Gasteiger partial charge in [-0.2, -0.15) is 0 Å². The number of nitrogens with zero attached hydrogens (tertiary/aromatic N) is 3. The molecule has 0 amide bonds. The Morgan fingerprint density at radius 3 is 2.67 bits per heavy atom. The molecule has 1 aromatic carbocycles. The van der Waals surface area contributed by atoms with Gasteiger partial charge in [0.25, 0.3) is 6.71 Å². The smallest absolute Gasteiger partial charge is 0.267 e. The maximum Gasteiger partial charge on any atom is 0.267 e. The van der Waals surface area contributed by atoms with Gasteiger partial charge >= 0.3 is 0 Å². The summed E-state index contributed by atoms with van der Waals surface area (Å²) < 4.78 is 1.13. The minimum Gasteiger partial charge on any atom is -0.507 e. The third kappa shape index (κ3) is 2.91. The lowest BCUT2D eigenvalue weighted by atomic mass is 9.37. The number of fused-ring (bicyclic) bond motifs is 1. The highest BCUT2D eigenvalue weighted by Gasteiger charge is 2.47. The Balaban J connectivity index is 1.36. The Morgan fingerprint density at radius 2 is 1.93 bits per heavy atom. The molecule has 27 heavy (non-hydrogen) atoms. The molecule has 0 radical (unpaired) electrons. The van der Waals surface area contributed by atoms with E-state index in [4.69, 9.17) is 5.26 Å². The highest BCUT2D eigenvalue weighted by Crippen LogP contribution is 2.59. The number of phenols is 1. The Kier molecular flexibility index (Phi) is 3.94. The van der Waals surface area contributed by atoms with Crippen molar-refractivity contribution < 1.29 is 5.11 Å². The number of phenolic OH excluding ortho intramolecular Hbond substituents is 1. The number of thiophene rings is 1. The van der Waals surface area contributed by atoms with Crippen LogP contribution >= 0.6 is 11.3 Å². The van der Waals surface area contributed by atoms with Crippen molar-refractivity contribution in [2.24, 2.45) is 5.41 Å². The molecule has 4 nitrogen and oxygen atoms in total. The maximum atomic E-state index is 10.1. The molecular formula is C21H20BN3OS. The van der Waals surface area contributed by atoms with Crippen molar-refractivity contribution in [2.45, 2.75) is 44.2 Å². The lowest BCUT2D eigenvalue weighted by Crippen LogP contribution is -2.40. The van der Waals surface area contributed by atoms with Crippen LogP contribution in [0.1, 0.15) is 36.5 Å². The zero-order valence-electron chi connectivity index (χ0n) is 15.1. The van der Waals surface area contributed by atoms with E-state index in [9.17, 15) is 5.11 Å². The number of para-hydroxylation sites is 1. The number of nitriles is 1. The fraction of sp³-hybridized carbons (Fsp3) is 0.381. The minimum atomic E-state index is 0.233. The fourth-order valence-corrected chi connectivity index (χ4v) is 5.97.